The fourth-order valence-corrected chi connectivity index (χ4v) is 4.57. The Balaban J connectivity index is 1.94. The number of methoxy groups -OCH3 is 1. The number of benzene rings is 1. The summed E-state index contributed by atoms with van der Waals surface area (Å²) < 4.78 is 10.6. The molecule has 170 valence electrons. The quantitative estimate of drug-likeness (QED) is 0.462. The third-order valence-corrected chi connectivity index (χ3v) is 6.87. The van der Waals surface area contributed by atoms with Gasteiger partial charge in [0.15, 0.2) is 0 Å². The number of nitrogens with one attached hydrogen (secondary N) is 2. The molecule has 0 aliphatic heterocycles. The van der Waals surface area contributed by atoms with Gasteiger partial charge in [-0.05, 0) is 45.4 Å². The maximum absolute atomic E-state index is 12.6. The lowest BCUT2D eigenvalue weighted by atomic mass is 9.98. The van der Waals surface area contributed by atoms with E-state index in [2.05, 4.69) is 10.3 Å². The highest BCUT2D eigenvalue weighted by atomic mass is 32.2. The molecule has 0 bridgehead atoms. The molecule has 3 aromatic rings. The molecule has 2 unspecified atom stereocenters. The number of H-pyrrole nitrogens is 1. The van der Waals surface area contributed by atoms with Crippen LogP contribution in [0.2, 0.25) is 0 Å². The topological polar surface area (TPSA) is 105 Å². The minimum atomic E-state index is -1.28. The van der Waals surface area contributed by atoms with Crippen LogP contribution in [0, 0.1) is 6.92 Å². The number of carbonyl (C=O) groups excluding carboxylic acids is 1. The van der Waals surface area contributed by atoms with Crippen molar-refractivity contribution in [1.82, 2.24) is 10.3 Å². The van der Waals surface area contributed by atoms with E-state index in [1.807, 2.05) is 31.2 Å². The van der Waals surface area contributed by atoms with E-state index >= 15 is 0 Å². The number of aliphatic hydroxyl groups is 1. The number of thioether (sulfide) groups is 1. The average Bonchev–Trinajstić information content (AvgIpc) is 3.12. The number of rotatable bonds is 7. The predicted molar refractivity (Wildman–Crippen MR) is 128 cm³/mol. The molecule has 0 aliphatic rings. The van der Waals surface area contributed by atoms with Gasteiger partial charge in [-0.1, -0.05) is 18.2 Å². The number of allylic oxidation sites excluding steroid dienone is 1. The lowest BCUT2D eigenvalue weighted by Crippen LogP contribution is -2.33. The lowest BCUT2D eigenvalue weighted by molar-refractivity contribution is 0.0960. The average molecular weight is 457 g/mol. The number of hydrogen-bond donors (Lipinski definition) is 3. The Morgan fingerprint density at radius 1 is 1.38 bits per heavy atom. The molecule has 0 aliphatic carbocycles. The van der Waals surface area contributed by atoms with Crippen molar-refractivity contribution in [3.8, 4) is 5.75 Å². The highest BCUT2D eigenvalue weighted by Crippen LogP contribution is 2.37. The molecule has 8 heteroatoms. The van der Waals surface area contributed by atoms with Crippen molar-refractivity contribution in [2.75, 3.05) is 14.2 Å². The highest BCUT2D eigenvalue weighted by molar-refractivity contribution is 8.00. The molecule has 2 atom stereocenters. The van der Waals surface area contributed by atoms with Crippen LogP contribution in [0.4, 0.5) is 0 Å². The first-order valence-corrected chi connectivity index (χ1v) is 11.1. The van der Waals surface area contributed by atoms with Gasteiger partial charge in [-0.2, -0.15) is 0 Å². The van der Waals surface area contributed by atoms with Crippen LogP contribution < -0.4 is 15.7 Å². The Hall–Kier alpha value is -2.97. The molecular formula is C24H28N2O5S. The van der Waals surface area contributed by atoms with Gasteiger partial charge < -0.3 is 24.6 Å². The number of aromatic amines is 1. The zero-order valence-electron chi connectivity index (χ0n) is 19.0. The molecular weight excluding hydrogens is 428 g/mol. The van der Waals surface area contributed by atoms with Gasteiger partial charge in [-0.25, -0.2) is 4.79 Å². The third-order valence-electron chi connectivity index (χ3n) is 5.50. The standard InChI is InChI=1S/C24H28N2O5S/c1-13(18-11-19(30-6)14(2)23(28)31-18)12-24(4,29)15(3)32-22-20(21(27)25-5)16-9-7-8-10-17(16)26-22/h7-12,15,26,29H,1-6H3,(H,25,27)/b13-12+. The molecule has 0 saturated heterocycles. The van der Waals surface area contributed by atoms with Crippen LogP contribution in [0.1, 0.15) is 42.5 Å². The summed E-state index contributed by atoms with van der Waals surface area (Å²) in [6, 6.07) is 9.21. The van der Waals surface area contributed by atoms with Crippen LogP contribution in [0.3, 0.4) is 0 Å². The Morgan fingerprint density at radius 2 is 2.06 bits per heavy atom. The van der Waals surface area contributed by atoms with Gasteiger partial charge in [-0.15, -0.1) is 11.8 Å². The van der Waals surface area contributed by atoms with Crippen LogP contribution >= 0.6 is 11.8 Å². The number of fused-ring (bicyclic) bond motifs is 1. The van der Waals surface area contributed by atoms with Crippen molar-refractivity contribution >= 4 is 34.1 Å². The van der Waals surface area contributed by atoms with Crippen molar-refractivity contribution in [2.45, 2.75) is 43.6 Å². The van der Waals surface area contributed by atoms with Gasteiger partial charge in [0, 0.05) is 29.3 Å². The van der Waals surface area contributed by atoms with Crippen molar-refractivity contribution < 1.29 is 19.1 Å². The summed E-state index contributed by atoms with van der Waals surface area (Å²) in [5.41, 5.74) is 0.623. The molecule has 0 fully saturated rings. The van der Waals surface area contributed by atoms with Crippen molar-refractivity contribution in [1.29, 1.82) is 0 Å². The summed E-state index contributed by atoms with van der Waals surface area (Å²) in [6.07, 6.45) is 1.65. The second kappa shape index (κ2) is 9.26. The molecule has 1 amide bonds. The van der Waals surface area contributed by atoms with E-state index in [9.17, 15) is 14.7 Å². The Labute approximate surface area is 190 Å². The highest BCUT2D eigenvalue weighted by Gasteiger charge is 2.30. The van der Waals surface area contributed by atoms with Gasteiger partial charge in [0.1, 0.15) is 11.5 Å². The van der Waals surface area contributed by atoms with E-state index in [0.717, 1.165) is 10.9 Å². The van der Waals surface area contributed by atoms with E-state index in [1.54, 1.807) is 40.0 Å². The summed E-state index contributed by atoms with van der Waals surface area (Å²) in [5, 5.41) is 15.1. The van der Waals surface area contributed by atoms with Crippen LogP contribution in [0.15, 0.2) is 50.6 Å². The number of hydrogen-bond acceptors (Lipinski definition) is 6. The number of ether oxygens (including phenoxy) is 1. The van der Waals surface area contributed by atoms with Gasteiger partial charge in [0.25, 0.3) is 5.91 Å². The summed E-state index contributed by atoms with van der Waals surface area (Å²) in [6.45, 7) is 6.95. The smallest absolute Gasteiger partial charge is 0.342 e. The molecule has 0 saturated carbocycles. The van der Waals surface area contributed by atoms with E-state index in [4.69, 9.17) is 9.15 Å². The minimum absolute atomic E-state index is 0.197. The minimum Gasteiger partial charge on any atom is -0.496 e. The van der Waals surface area contributed by atoms with Gasteiger partial charge in [-0.3, -0.25) is 4.79 Å². The van der Waals surface area contributed by atoms with Crippen molar-refractivity contribution in [3.05, 3.63) is 63.7 Å². The zero-order chi connectivity index (χ0) is 23.6. The van der Waals surface area contributed by atoms with Crippen LogP contribution in [-0.4, -0.2) is 41.0 Å². The van der Waals surface area contributed by atoms with Gasteiger partial charge in [0.2, 0.25) is 0 Å². The lowest BCUT2D eigenvalue weighted by Gasteiger charge is -2.27. The zero-order valence-corrected chi connectivity index (χ0v) is 19.8. The first-order chi connectivity index (χ1) is 15.1. The van der Waals surface area contributed by atoms with Crippen LogP contribution in [-0.2, 0) is 0 Å². The summed E-state index contributed by atoms with van der Waals surface area (Å²) in [7, 11) is 3.08. The molecule has 3 N–H and O–H groups in total. The Morgan fingerprint density at radius 3 is 2.72 bits per heavy atom. The third kappa shape index (κ3) is 4.61. The Kier molecular flexibility index (Phi) is 6.85. The van der Waals surface area contributed by atoms with E-state index in [1.165, 1.54) is 18.9 Å². The molecule has 3 rings (SSSR count). The number of carbonyl (C=O) groups is 1. The van der Waals surface area contributed by atoms with Gasteiger partial charge in [0.05, 0.1) is 28.9 Å². The molecule has 2 heterocycles. The molecule has 0 radical (unpaired) electrons. The Bertz CT molecular complexity index is 1240. The molecule has 0 spiro atoms. The fourth-order valence-electron chi connectivity index (χ4n) is 3.42. The number of amides is 1. The van der Waals surface area contributed by atoms with Gasteiger partial charge >= 0.3 is 5.63 Å². The van der Waals surface area contributed by atoms with E-state index < -0.39 is 11.2 Å². The molecule has 2 aromatic heterocycles. The summed E-state index contributed by atoms with van der Waals surface area (Å²) >= 11 is 1.37. The summed E-state index contributed by atoms with van der Waals surface area (Å²) in [4.78, 5) is 27.9. The molecule has 7 nitrogen and oxygen atoms in total. The molecule has 1 aromatic carbocycles. The van der Waals surface area contributed by atoms with Crippen LogP contribution in [0.25, 0.3) is 16.5 Å². The second-order valence-corrected chi connectivity index (χ2v) is 9.21. The van der Waals surface area contributed by atoms with E-state index in [-0.39, 0.29) is 11.2 Å². The second-order valence-electron chi connectivity index (χ2n) is 7.86. The molecule has 32 heavy (non-hydrogen) atoms. The first-order valence-electron chi connectivity index (χ1n) is 10.2. The SMILES string of the molecule is CNC(=O)c1c(SC(C)C(C)(O)/C=C(\C)c2cc(OC)c(C)c(=O)o2)[nH]c2ccccc12. The first kappa shape index (κ1) is 23.7. The fraction of sp³-hybridized carbons (Fsp3) is 0.333. The van der Waals surface area contributed by atoms with Crippen molar-refractivity contribution in [3.63, 3.8) is 0 Å². The number of aromatic nitrogens is 1. The number of para-hydroxylation sites is 1. The monoisotopic (exact) mass is 456 g/mol. The largest absolute Gasteiger partial charge is 0.496 e. The van der Waals surface area contributed by atoms with E-state index in [0.29, 0.717) is 33.2 Å². The maximum atomic E-state index is 12.6. The van der Waals surface area contributed by atoms with Crippen LogP contribution in [0.5, 0.6) is 5.75 Å². The summed E-state index contributed by atoms with van der Waals surface area (Å²) in [5.74, 6) is 0.558. The van der Waals surface area contributed by atoms with Crippen molar-refractivity contribution in [2.24, 2.45) is 0 Å². The normalized spacial score (nSPS) is 14.8. The maximum Gasteiger partial charge on any atom is 0.342 e. The predicted octanol–water partition coefficient (Wildman–Crippen LogP) is 4.13.